The van der Waals surface area contributed by atoms with Crippen LogP contribution in [0.25, 0.3) is 0 Å². The lowest BCUT2D eigenvalue weighted by atomic mass is 9.92. The summed E-state index contributed by atoms with van der Waals surface area (Å²) in [6, 6.07) is 4.81. The van der Waals surface area contributed by atoms with E-state index < -0.39 is 0 Å². The molecule has 0 saturated carbocycles. The van der Waals surface area contributed by atoms with Gasteiger partial charge in [0.1, 0.15) is 5.82 Å². The van der Waals surface area contributed by atoms with Crippen molar-refractivity contribution in [3.05, 3.63) is 29.6 Å². The summed E-state index contributed by atoms with van der Waals surface area (Å²) in [5, 5.41) is 2.79. The third kappa shape index (κ3) is 4.04. The van der Waals surface area contributed by atoms with Gasteiger partial charge in [-0.3, -0.25) is 4.79 Å². The lowest BCUT2D eigenvalue weighted by Crippen LogP contribution is -3.15. The van der Waals surface area contributed by atoms with Gasteiger partial charge in [0.05, 0.1) is 13.1 Å². The van der Waals surface area contributed by atoms with Crippen LogP contribution < -0.4 is 10.2 Å². The molecule has 1 heterocycles. The summed E-state index contributed by atoms with van der Waals surface area (Å²) in [6.07, 6.45) is 1.24. The van der Waals surface area contributed by atoms with Crippen molar-refractivity contribution in [3.63, 3.8) is 0 Å². The van der Waals surface area contributed by atoms with E-state index in [1.807, 2.05) is 0 Å². The third-order valence-corrected chi connectivity index (χ3v) is 3.95. The van der Waals surface area contributed by atoms with Crippen LogP contribution in [-0.4, -0.2) is 25.5 Å². The van der Waals surface area contributed by atoms with Crippen LogP contribution in [-0.2, 0) is 4.79 Å². The number of carbonyl (C=O) groups is 1. The predicted molar refractivity (Wildman–Crippen MR) is 78.3 cm³/mol. The van der Waals surface area contributed by atoms with Gasteiger partial charge >= 0.3 is 0 Å². The van der Waals surface area contributed by atoms with E-state index >= 15 is 0 Å². The van der Waals surface area contributed by atoms with Gasteiger partial charge in [-0.05, 0) is 31.0 Å². The first-order valence-electron chi connectivity index (χ1n) is 7.33. The zero-order valence-corrected chi connectivity index (χ0v) is 12.5. The Bertz CT molecular complexity index is 479. The van der Waals surface area contributed by atoms with Gasteiger partial charge in [0.25, 0.3) is 5.91 Å². The number of benzene rings is 1. The molecule has 0 aromatic heterocycles. The Morgan fingerprint density at radius 3 is 2.60 bits per heavy atom. The second-order valence-corrected chi connectivity index (χ2v) is 6.29. The number of piperidine rings is 1. The number of rotatable bonds is 3. The van der Waals surface area contributed by atoms with Crippen LogP contribution in [0, 0.1) is 24.6 Å². The number of carbonyl (C=O) groups excluding carboxylic acids is 1. The van der Waals surface area contributed by atoms with Gasteiger partial charge in [-0.1, -0.05) is 19.9 Å². The normalized spacial score (nSPS) is 26.3. The molecule has 1 aliphatic heterocycles. The van der Waals surface area contributed by atoms with Crippen LogP contribution in [0.15, 0.2) is 18.2 Å². The molecule has 0 aliphatic carbocycles. The van der Waals surface area contributed by atoms with Gasteiger partial charge in [0.15, 0.2) is 6.54 Å². The molecule has 2 atom stereocenters. The number of halogens is 1. The minimum atomic E-state index is -0.282. The molecule has 20 heavy (non-hydrogen) atoms. The van der Waals surface area contributed by atoms with Gasteiger partial charge in [0.2, 0.25) is 0 Å². The fourth-order valence-corrected chi connectivity index (χ4v) is 3.17. The van der Waals surface area contributed by atoms with Crippen molar-refractivity contribution in [1.82, 2.24) is 0 Å². The maximum atomic E-state index is 13.4. The lowest BCUT2D eigenvalue weighted by Gasteiger charge is -2.31. The number of nitrogens with one attached hydrogen (secondary N) is 2. The Hall–Kier alpha value is -1.42. The van der Waals surface area contributed by atoms with Crippen LogP contribution >= 0.6 is 0 Å². The minimum absolute atomic E-state index is 0.0375. The van der Waals surface area contributed by atoms with Crippen molar-refractivity contribution in [3.8, 4) is 0 Å². The van der Waals surface area contributed by atoms with Crippen molar-refractivity contribution < 1.29 is 14.1 Å². The number of hydrogen-bond acceptors (Lipinski definition) is 1. The van der Waals surface area contributed by atoms with E-state index in [2.05, 4.69) is 19.2 Å². The van der Waals surface area contributed by atoms with Crippen LogP contribution in [0.4, 0.5) is 10.1 Å². The highest BCUT2D eigenvalue weighted by atomic mass is 19.1. The number of aryl methyl sites for hydroxylation is 1. The fourth-order valence-electron chi connectivity index (χ4n) is 3.17. The summed E-state index contributed by atoms with van der Waals surface area (Å²) in [7, 11) is 0. The minimum Gasteiger partial charge on any atom is -0.327 e. The van der Waals surface area contributed by atoms with E-state index in [1.54, 1.807) is 19.1 Å². The first kappa shape index (κ1) is 15.0. The Morgan fingerprint density at radius 2 is 2.00 bits per heavy atom. The third-order valence-electron chi connectivity index (χ3n) is 3.95. The van der Waals surface area contributed by atoms with E-state index in [1.165, 1.54) is 17.4 Å². The molecule has 4 heteroatoms. The van der Waals surface area contributed by atoms with Crippen molar-refractivity contribution in [2.75, 3.05) is 25.0 Å². The highest BCUT2D eigenvalue weighted by Crippen LogP contribution is 2.14. The van der Waals surface area contributed by atoms with E-state index in [4.69, 9.17) is 0 Å². The quantitative estimate of drug-likeness (QED) is 0.866. The summed E-state index contributed by atoms with van der Waals surface area (Å²) >= 11 is 0. The van der Waals surface area contributed by atoms with E-state index in [-0.39, 0.29) is 11.7 Å². The second-order valence-electron chi connectivity index (χ2n) is 6.29. The molecule has 0 radical (unpaired) electrons. The monoisotopic (exact) mass is 279 g/mol. The molecule has 2 rings (SSSR count). The number of likely N-dealkylation sites (tertiary alicyclic amines) is 1. The van der Waals surface area contributed by atoms with E-state index in [0.29, 0.717) is 29.6 Å². The zero-order chi connectivity index (χ0) is 14.7. The average Bonchev–Trinajstić information content (AvgIpc) is 2.32. The Morgan fingerprint density at radius 1 is 1.35 bits per heavy atom. The molecular formula is C16H24FN2O+. The lowest BCUT2D eigenvalue weighted by molar-refractivity contribution is -0.904. The number of anilines is 1. The molecule has 0 spiro atoms. The highest BCUT2D eigenvalue weighted by Gasteiger charge is 2.26. The molecule has 3 nitrogen and oxygen atoms in total. The first-order chi connectivity index (χ1) is 9.44. The van der Waals surface area contributed by atoms with Gasteiger partial charge < -0.3 is 10.2 Å². The van der Waals surface area contributed by atoms with E-state index in [0.717, 1.165) is 13.1 Å². The van der Waals surface area contributed by atoms with Gasteiger partial charge in [-0.15, -0.1) is 0 Å². The molecule has 0 bridgehead atoms. The largest absolute Gasteiger partial charge is 0.327 e. The first-order valence-corrected chi connectivity index (χ1v) is 7.33. The summed E-state index contributed by atoms with van der Waals surface area (Å²) in [5.74, 6) is 1.01. The molecule has 1 fully saturated rings. The van der Waals surface area contributed by atoms with Crippen LogP contribution in [0.2, 0.25) is 0 Å². The molecule has 1 aromatic carbocycles. The standard InChI is InChI=1S/C16H23FN2O/c1-11-6-12(2)9-19(8-11)10-16(20)18-14-5-4-13(3)15(17)7-14/h4-5,7,11-12H,6,8-10H2,1-3H3,(H,18,20)/p+1/t11-,12-/m0/s1. The molecule has 2 N–H and O–H groups in total. The summed E-state index contributed by atoms with van der Waals surface area (Å²) in [6.45, 7) is 8.73. The molecular weight excluding hydrogens is 255 g/mol. The number of hydrogen-bond donors (Lipinski definition) is 2. The number of quaternary nitrogens is 1. The summed E-state index contributed by atoms with van der Waals surface area (Å²) in [4.78, 5) is 13.4. The Labute approximate surface area is 120 Å². The fraction of sp³-hybridized carbons (Fsp3) is 0.562. The van der Waals surface area contributed by atoms with Crippen molar-refractivity contribution in [2.24, 2.45) is 11.8 Å². The van der Waals surface area contributed by atoms with Crippen molar-refractivity contribution in [2.45, 2.75) is 27.2 Å². The summed E-state index contributed by atoms with van der Waals surface area (Å²) in [5.41, 5.74) is 1.13. The highest BCUT2D eigenvalue weighted by molar-refractivity contribution is 5.91. The van der Waals surface area contributed by atoms with Gasteiger partial charge in [-0.25, -0.2) is 4.39 Å². The smallest absolute Gasteiger partial charge is 0.279 e. The topological polar surface area (TPSA) is 33.5 Å². The van der Waals surface area contributed by atoms with Crippen LogP contribution in [0.3, 0.4) is 0 Å². The van der Waals surface area contributed by atoms with Crippen LogP contribution in [0.1, 0.15) is 25.8 Å². The zero-order valence-electron chi connectivity index (χ0n) is 12.5. The SMILES string of the molecule is Cc1ccc(NC(=O)C[NH+]2C[C@@H](C)C[C@H](C)C2)cc1F. The molecule has 1 aliphatic rings. The predicted octanol–water partition coefficient (Wildman–Crippen LogP) is 1.63. The Balaban J connectivity index is 1.90. The summed E-state index contributed by atoms with van der Waals surface area (Å²) < 4.78 is 13.4. The molecule has 1 saturated heterocycles. The molecule has 0 unspecified atom stereocenters. The second kappa shape index (κ2) is 6.35. The molecule has 1 aromatic rings. The van der Waals surface area contributed by atoms with E-state index in [9.17, 15) is 9.18 Å². The van der Waals surface area contributed by atoms with Gasteiger partial charge in [-0.2, -0.15) is 0 Å². The van der Waals surface area contributed by atoms with Crippen molar-refractivity contribution in [1.29, 1.82) is 0 Å². The average molecular weight is 279 g/mol. The molecule has 1 amide bonds. The maximum Gasteiger partial charge on any atom is 0.279 e. The molecule has 110 valence electrons. The van der Waals surface area contributed by atoms with Gasteiger partial charge in [0, 0.05) is 17.5 Å². The number of amides is 1. The maximum absolute atomic E-state index is 13.4. The van der Waals surface area contributed by atoms with Crippen molar-refractivity contribution >= 4 is 11.6 Å². The van der Waals surface area contributed by atoms with Crippen LogP contribution in [0.5, 0.6) is 0 Å². The Kier molecular flexibility index (Phi) is 4.76.